The van der Waals surface area contributed by atoms with Crippen molar-refractivity contribution in [2.75, 3.05) is 0 Å². The van der Waals surface area contributed by atoms with Gasteiger partial charge in [-0.05, 0) is 35.4 Å². The Morgan fingerprint density at radius 2 is 1.19 bits per heavy atom. The Morgan fingerprint density at radius 1 is 0.667 bits per heavy atom. The van der Waals surface area contributed by atoms with Crippen LogP contribution in [0.25, 0.3) is 22.3 Å². The minimum atomic E-state index is 0.352. The molecule has 3 aromatic rings. The largest absolute Gasteiger partial charge is 0.160 e. The van der Waals surface area contributed by atoms with E-state index in [2.05, 4.69) is 10.2 Å². The summed E-state index contributed by atoms with van der Waals surface area (Å²) in [5.41, 5.74) is 3.63. The topological polar surface area (TPSA) is 25.8 Å². The zero-order valence-electron chi connectivity index (χ0n) is 10.7. The van der Waals surface area contributed by atoms with Crippen LogP contribution in [-0.2, 0) is 0 Å². The molecule has 0 radical (unpaired) electrons. The van der Waals surface area contributed by atoms with E-state index in [-0.39, 0.29) is 0 Å². The molecule has 21 heavy (non-hydrogen) atoms. The molecule has 2 nitrogen and oxygen atoms in total. The Morgan fingerprint density at radius 3 is 1.76 bits per heavy atom. The highest BCUT2D eigenvalue weighted by molar-refractivity contribution is 6.33. The summed E-state index contributed by atoms with van der Waals surface area (Å²) in [6, 6.07) is 15.0. The lowest BCUT2D eigenvalue weighted by Crippen LogP contribution is -1.92. The summed E-state index contributed by atoms with van der Waals surface area (Å²) < 4.78 is 0. The van der Waals surface area contributed by atoms with E-state index >= 15 is 0 Å². The second kappa shape index (κ2) is 6.02. The van der Waals surface area contributed by atoms with Gasteiger partial charge in [-0.3, -0.25) is 0 Å². The van der Waals surface area contributed by atoms with E-state index in [1.807, 2.05) is 48.5 Å². The second-order valence-corrected chi connectivity index (χ2v) is 5.67. The van der Waals surface area contributed by atoms with Gasteiger partial charge in [-0.25, -0.2) is 0 Å². The molecule has 1 aromatic heterocycles. The number of halogens is 3. The summed E-state index contributed by atoms with van der Waals surface area (Å²) >= 11 is 18.1. The summed E-state index contributed by atoms with van der Waals surface area (Å²) in [7, 11) is 0. The second-order valence-electron chi connectivity index (χ2n) is 4.44. The fraction of sp³-hybridized carbons (Fsp3) is 0. The van der Waals surface area contributed by atoms with Gasteiger partial charge in [-0.2, -0.15) is 5.10 Å². The first-order chi connectivity index (χ1) is 10.1. The maximum absolute atomic E-state index is 6.25. The van der Waals surface area contributed by atoms with Crippen LogP contribution in [-0.4, -0.2) is 10.2 Å². The van der Waals surface area contributed by atoms with Crippen LogP contribution in [0.15, 0.2) is 54.7 Å². The minimum Gasteiger partial charge on any atom is -0.157 e. The van der Waals surface area contributed by atoms with Gasteiger partial charge in [0.1, 0.15) is 0 Å². The first-order valence-corrected chi connectivity index (χ1v) is 7.31. The number of hydrogen-bond donors (Lipinski definition) is 0. The molecular weight excluding hydrogens is 327 g/mol. The fourth-order valence-electron chi connectivity index (χ4n) is 2.10. The van der Waals surface area contributed by atoms with Crippen molar-refractivity contribution in [3.63, 3.8) is 0 Å². The zero-order chi connectivity index (χ0) is 14.8. The standard InChI is InChI=1S/C16H9Cl3N2/c17-12-5-1-10(2-6-12)14-9-20-21-16(19)15(14)11-3-7-13(18)8-4-11/h1-9H. The third-order valence-electron chi connectivity index (χ3n) is 3.10. The quantitative estimate of drug-likeness (QED) is 0.594. The molecule has 0 spiro atoms. The molecule has 0 atom stereocenters. The Kier molecular flexibility index (Phi) is 4.11. The Hall–Kier alpha value is -1.61. The molecule has 0 saturated carbocycles. The van der Waals surface area contributed by atoms with Crippen molar-refractivity contribution in [1.29, 1.82) is 0 Å². The van der Waals surface area contributed by atoms with Crippen LogP contribution >= 0.6 is 34.8 Å². The first-order valence-electron chi connectivity index (χ1n) is 6.18. The third-order valence-corrected chi connectivity index (χ3v) is 3.86. The van der Waals surface area contributed by atoms with Gasteiger partial charge in [0.25, 0.3) is 0 Å². The van der Waals surface area contributed by atoms with Crippen LogP contribution in [0.5, 0.6) is 0 Å². The maximum Gasteiger partial charge on any atom is 0.160 e. The van der Waals surface area contributed by atoms with Crippen molar-refractivity contribution in [2.24, 2.45) is 0 Å². The van der Waals surface area contributed by atoms with Crippen LogP contribution in [0.2, 0.25) is 15.2 Å². The third kappa shape index (κ3) is 3.03. The van der Waals surface area contributed by atoms with E-state index in [4.69, 9.17) is 34.8 Å². The van der Waals surface area contributed by atoms with Crippen molar-refractivity contribution < 1.29 is 0 Å². The number of aromatic nitrogens is 2. The van der Waals surface area contributed by atoms with Crippen molar-refractivity contribution in [1.82, 2.24) is 10.2 Å². The highest BCUT2D eigenvalue weighted by Crippen LogP contribution is 2.36. The molecule has 5 heteroatoms. The van der Waals surface area contributed by atoms with Crippen LogP contribution < -0.4 is 0 Å². The van der Waals surface area contributed by atoms with E-state index in [1.165, 1.54) is 0 Å². The van der Waals surface area contributed by atoms with E-state index in [0.717, 1.165) is 22.3 Å². The summed E-state index contributed by atoms with van der Waals surface area (Å²) in [6.07, 6.45) is 1.69. The molecule has 0 N–H and O–H groups in total. The molecule has 2 aromatic carbocycles. The number of nitrogens with zero attached hydrogens (tertiary/aromatic N) is 2. The van der Waals surface area contributed by atoms with Crippen LogP contribution in [0, 0.1) is 0 Å². The lowest BCUT2D eigenvalue weighted by molar-refractivity contribution is 1.04. The average molecular weight is 336 g/mol. The monoisotopic (exact) mass is 334 g/mol. The fourth-order valence-corrected chi connectivity index (χ4v) is 2.61. The molecule has 0 aliphatic carbocycles. The molecule has 0 aliphatic rings. The van der Waals surface area contributed by atoms with Crippen molar-refractivity contribution in [2.45, 2.75) is 0 Å². The van der Waals surface area contributed by atoms with E-state index in [9.17, 15) is 0 Å². The average Bonchev–Trinajstić information content (AvgIpc) is 2.49. The number of rotatable bonds is 2. The highest BCUT2D eigenvalue weighted by atomic mass is 35.5. The Labute approximate surface area is 137 Å². The molecule has 0 saturated heterocycles. The highest BCUT2D eigenvalue weighted by Gasteiger charge is 2.13. The Balaban J connectivity index is 2.20. The zero-order valence-corrected chi connectivity index (χ0v) is 13.0. The van der Waals surface area contributed by atoms with Crippen molar-refractivity contribution >= 4 is 34.8 Å². The van der Waals surface area contributed by atoms with Crippen LogP contribution in [0.3, 0.4) is 0 Å². The van der Waals surface area contributed by atoms with E-state index < -0.39 is 0 Å². The smallest absolute Gasteiger partial charge is 0.157 e. The van der Waals surface area contributed by atoms with Gasteiger partial charge < -0.3 is 0 Å². The molecule has 0 unspecified atom stereocenters. The van der Waals surface area contributed by atoms with Gasteiger partial charge in [0.05, 0.1) is 6.20 Å². The van der Waals surface area contributed by atoms with E-state index in [1.54, 1.807) is 6.20 Å². The maximum atomic E-state index is 6.25. The lowest BCUT2D eigenvalue weighted by Gasteiger charge is -2.10. The van der Waals surface area contributed by atoms with Crippen molar-refractivity contribution in [3.8, 4) is 22.3 Å². The molecule has 0 aliphatic heterocycles. The molecule has 1 heterocycles. The van der Waals surface area contributed by atoms with Gasteiger partial charge in [0.2, 0.25) is 0 Å². The summed E-state index contributed by atoms with van der Waals surface area (Å²) in [5, 5.41) is 9.59. The predicted octanol–water partition coefficient (Wildman–Crippen LogP) is 5.77. The summed E-state index contributed by atoms with van der Waals surface area (Å²) in [5.74, 6) is 0. The normalized spacial score (nSPS) is 10.6. The van der Waals surface area contributed by atoms with Gasteiger partial charge in [0, 0.05) is 21.2 Å². The van der Waals surface area contributed by atoms with Gasteiger partial charge >= 0.3 is 0 Å². The summed E-state index contributed by atoms with van der Waals surface area (Å²) in [4.78, 5) is 0. The lowest BCUT2D eigenvalue weighted by atomic mass is 9.98. The molecule has 0 fully saturated rings. The predicted molar refractivity (Wildman–Crippen MR) is 87.9 cm³/mol. The van der Waals surface area contributed by atoms with E-state index in [0.29, 0.717) is 15.2 Å². The number of benzene rings is 2. The van der Waals surface area contributed by atoms with Crippen LogP contribution in [0.4, 0.5) is 0 Å². The molecule has 0 bridgehead atoms. The van der Waals surface area contributed by atoms with Crippen molar-refractivity contribution in [3.05, 3.63) is 69.9 Å². The molecule has 0 amide bonds. The SMILES string of the molecule is Clc1ccc(-c2cnnc(Cl)c2-c2ccc(Cl)cc2)cc1. The first kappa shape index (κ1) is 14.3. The van der Waals surface area contributed by atoms with Gasteiger partial charge in [0.15, 0.2) is 5.15 Å². The molecular formula is C16H9Cl3N2. The summed E-state index contributed by atoms with van der Waals surface area (Å²) in [6.45, 7) is 0. The van der Waals surface area contributed by atoms with Crippen LogP contribution in [0.1, 0.15) is 0 Å². The minimum absolute atomic E-state index is 0.352. The number of hydrogen-bond acceptors (Lipinski definition) is 2. The van der Waals surface area contributed by atoms with Gasteiger partial charge in [-0.1, -0.05) is 59.1 Å². The molecule has 3 rings (SSSR count). The van der Waals surface area contributed by atoms with Gasteiger partial charge in [-0.15, -0.1) is 5.10 Å². The molecule has 104 valence electrons. The Bertz CT molecular complexity index is 769.